The molecule has 31 heavy (non-hydrogen) atoms. The van der Waals surface area contributed by atoms with E-state index in [1.54, 1.807) is 24.0 Å². The second kappa shape index (κ2) is 9.26. The molecule has 4 atom stereocenters. The Morgan fingerprint density at radius 1 is 1.13 bits per heavy atom. The summed E-state index contributed by atoms with van der Waals surface area (Å²) >= 11 is 0. The van der Waals surface area contributed by atoms with E-state index >= 15 is 0 Å². The first-order valence-electron chi connectivity index (χ1n) is 11.2. The lowest BCUT2D eigenvalue weighted by molar-refractivity contribution is -0.142. The zero-order valence-electron chi connectivity index (χ0n) is 18.3. The molecule has 0 spiro atoms. The van der Waals surface area contributed by atoms with Gasteiger partial charge in [0.15, 0.2) is 6.10 Å². The number of rotatable bonds is 6. The molecule has 1 aromatic carbocycles. The lowest BCUT2D eigenvalue weighted by atomic mass is 9.81. The number of likely N-dealkylation sites (N-methyl/N-ethyl adjacent to an activating group) is 1. The first kappa shape index (κ1) is 21.6. The van der Waals surface area contributed by atoms with Crippen molar-refractivity contribution in [3.63, 3.8) is 0 Å². The maximum Gasteiger partial charge on any atom is 0.320 e. The highest BCUT2D eigenvalue weighted by Gasteiger charge is 2.42. The van der Waals surface area contributed by atoms with E-state index in [1.807, 2.05) is 35.2 Å². The van der Waals surface area contributed by atoms with Crippen LogP contribution in [0.5, 0.6) is 0 Å². The van der Waals surface area contributed by atoms with Gasteiger partial charge in [-0.15, -0.1) is 0 Å². The summed E-state index contributed by atoms with van der Waals surface area (Å²) in [4.78, 5) is 43.5. The summed E-state index contributed by atoms with van der Waals surface area (Å²) < 4.78 is 5.47. The molecule has 0 aliphatic carbocycles. The van der Waals surface area contributed by atoms with Gasteiger partial charge in [0.2, 0.25) is 5.91 Å². The molecule has 0 aromatic heterocycles. The maximum absolute atomic E-state index is 13.1. The predicted molar refractivity (Wildman–Crippen MR) is 115 cm³/mol. The number of methoxy groups -OCH3 is 1. The van der Waals surface area contributed by atoms with Crippen molar-refractivity contribution in [1.29, 1.82) is 0 Å². The molecule has 3 fully saturated rings. The molecule has 8 nitrogen and oxygen atoms in total. The van der Waals surface area contributed by atoms with Crippen molar-refractivity contribution in [3.8, 4) is 0 Å². The quantitative estimate of drug-likeness (QED) is 0.749. The number of amides is 4. The third kappa shape index (κ3) is 4.54. The molecule has 4 amide bonds. The molecule has 168 valence electrons. The van der Waals surface area contributed by atoms with E-state index in [-0.39, 0.29) is 42.5 Å². The lowest BCUT2D eigenvalue weighted by Gasteiger charge is -2.49. The fourth-order valence-electron chi connectivity index (χ4n) is 5.30. The monoisotopic (exact) mass is 428 g/mol. The number of piperidine rings is 2. The van der Waals surface area contributed by atoms with E-state index in [0.717, 1.165) is 37.7 Å². The summed E-state index contributed by atoms with van der Waals surface area (Å²) in [6, 6.07) is 9.65. The van der Waals surface area contributed by atoms with Crippen LogP contribution in [0, 0.1) is 0 Å². The van der Waals surface area contributed by atoms with Crippen LogP contribution >= 0.6 is 0 Å². The van der Waals surface area contributed by atoms with Gasteiger partial charge in [-0.25, -0.2) is 4.79 Å². The second-order valence-corrected chi connectivity index (χ2v) is 8.87. The Morgan fingerprint density at radius 2 is 1.81 bits per heavy atom. The van der Waals surface area contributed by atoms with E-state index < -0.39 is 6.10 Å². The van der Waals surface area contributed by atoms with Crippen LogP contribution in [0.25, 0.3) is 0 Å². The van der Waals surface area contributed by atoms with Gasteiger partial charge in [0.05, 0.1) is 0 Å². The van der Waals surface area contributed by atoms with E-state index in [1.165, 1.54) is 0 Å². The van der Waals surface area contributed by atoms with Crippen LogP contribution in [0.1, 0.15) is 43.8 Å². The topological polar surface area (TPSA) is 82.2 Å². The van der Waals surface area contributed by atoms with E-state index in [9.17, 15) is 14.4 Å². The van der Waals surface area contributed by atoms with Crippen LogP contribution in [-0.2, 0) is 14.3 Å². The van der Waals surface area contributed by atoms with Gasteiger partial charge in [-0.2, -0.15) is 0 Å². The van der Waals surface area contributed by atoms with Crippen molar-refractivity contribution >= 4 is 17.8 Å². The Kier molecular flexibility index (Phi) is 6.46. The lowest BCUT2D eigenvalue weighted by Crippen LogP contribution is -2.60. The van der Waals surface area contributed by atoms with Gasteiger partial charge in [-0.1, -0.05) is 30.3 Å². The highest BCUT2D eigenvalue weighted by atomic mass is 16.5. The summed E-state index contributed by atoms with van der Waals surface area (Å²) in [6.07, 6.45) is 3.82. The molecule has 0 radical (unpaired) electrons. The number of fused-ring (bicyclic) bond motifs is 2. The number of nitrogens with zero attached hydrogens (tertiary/aromatic N) is 3. The first-order chi connectivity index (χ1) is 15.0. The molecule has 4 rings (SSSR count). The first-order valence-corrected chi connectivity index (χ1v) is 11.2. The van der Waals surface area contributed by atoms with Gasteiger partial charge in [0.1, 0.15) is 6.54 Å². The van der Waals surface area contributed by atoms with E-state index in [0.29, 0.717) is 13.1 Å². The summed E-state index contributed by atoms with van der Waals surface area (Å²) in [5.74, 6) is -0.107. The van der Waals surface area contributed by atoms with Crippen LogP contribution in [0.4, 0.5) is 4.79 Å². The standard InChI is InChI=1S/C23H32N4O4/c1-25-11-12-26(23(25)30)15-20(28)27-18-9-6-10-19(27)14-17(13-18)24-22(29)21(31-2)16-7-4-3-5-8-16/h3-5,7-8,17-19,21H,6,9-15H2,1-2H3,(H,24,29)/t17?,18-,19+,21-/m1/s1. The number of hydrogen-bond donors (Lipinski definition) is 1. The van der Waals surface area contributed by atoms with Crippen LogP contribution in [0.3, 0.4) is 0 Å². The number of ether oxygens (including phenoxy) is 1. The smallest absolute Gasteiger partial charge is 0.320 e. The molecule has 2 bridgehead atoms. The van der Waals surface area contributed by atoms with Gasteiger partial charge >= 0.3 is 6.03 Å². The average molecular weight is 429 g/mol. The number of hydrogen-bond acceptors (Lipinski definition) is 4. The van der Waals surface area contributed by atoms with Crippen molar-refractivity contribution in [2.24, 2.45) is 0 Å². The number of carbonyl (C=O) groups excluding carboxylic acids is 3. The van der Waals surface area contributed by atoms with Gasteiger partial charge in [0.25, 0.3) is 5.91 Å². The summed E-state index contributed by atoms with van der Waals surface area (Å²) in [6.45, 7) is 1.41. The van der Waals surface area contributed by atoms with Gasteiger partial charge in [-0.3, -0.25) is 9.59 Å². The highest BCUT2D eigenvalue weighted by Crippen LogP contribution is 2.34. The SMILES string of the molecule is CO[C@@H](C(=O)NC1C[C@H]2CCC[C@@H](C1)N2C(=O)CN1CCN(C)C1=O)c1ccccc1. The minimum atomic E-state index is -0.640. The molecule has 8 heteroatoms. The molecule has 3 aliphatic heterocycles. The molecule has 3 saturated heterocycles. The third-order valence-electron chi connectivity index (χ3n) is 6.81. The number of carbonyl (C=O) groups is 3. The molecule has 1 N–H and O–H groups in total. The Labute approximate surface area is 183 Å². The van der Waals surface area contributed by atoms with Crippen LogP contribution in [0.2, 0.25) is 0 Å². The largest absolute Gasteiger partial charge is 0.367 e. The fraction of sp³-hybridized carbons (Fsp3) is 0.609. The third-order valence-corrected chi connectivity index (χ3v) is 6.81. The van der Waals surface area contributed by atoms with Crippen molar-refractivity contribution in [3.05, 3.63) is 35.9 Å². The average Bonchev–Trinajstić information content (AvgIpc) is 3.06. The molecule has 1 aromatic rings. The van der Waals surface area contributed by atoms with Crippen molar-refractivity contribution < 1.29 is 19.1 Å². The fourth-order valence-corrected chi connectivity index (χ4v) is 5.30. The second-order valence-electron chi connectivity index (χ2n) is 8.87. The predicted octanol–water partition coefficient (Wildman–Crippen LogP) is 1.77. The number of urea groups is 1. The zero-order chi connectivity index (χ0) is 22.0. The minimum Gasteiger partial charge on any atom is -0.367 e. The molecule has 3 heterocycles. The highest BCUT2D eigenvalue weighted by molar-refractivity contribution is 5.86. The number of benzene rings is 1. The van der Waals surface area contributed by atoms with Crippen molar-refractivity contribution in [2.75, 3.05) is 33.8 Å². The van der Waals surface area contributed by atoms with Crippen LogP contribution in [0.15, 0.2) is 30.3 Å². The molecule has 0 saturated carbocycles. The van der Waals surface area contributed by atoms with Gasteiger partial charge < -0.3 is 24.8 Å². The minimum absolute atomic E-state index is 0.0211. The summed E-state index contributed by atoms with van der Waals surface area (Å²) in [5.41, 5.74) is 0.829. The van der Waals surface area contributed by atoms with Crippen LogP contribution in [-0.4, -0.2) is 84.5 Å². The molecule has 3 aliphatic rings. The number of nitrogens with one attached hydrogen (secondary N) is 1. The van der Waals surface area contributed by atoms with Crippen LogP contribution < -0.4 is 5.32 Å². The van der Waals surface area contributed by atoms with Crippen molar-refractivity contribution in [1.82, 2.24) is 20.0 Å². The Bertz CT molecular complexity index is 803. The van der Waals surface area contributed by atoms with Gasteiger partial charge in [0, 0.05) is 45.4 Å². The zero-order valence-corrected chi connectivity index (χ0v) is 18.3. The Morgan fingerprint density at radius 3 is 2.39 bits per heavy atom. The maximum atomic E-state index is 13.1. The van der Waals surface area contributed by atoms with E-state index in [4.69, 9.17) is 4.74 Å². The molecular formula is C23H32N4O4. The molecular weight excluding hydrogens is 396 g/mol. The van der Waals surface area contributed by atoms with E-state index in [2.05, 4.69) is 5.32 Å². The Balaban J connectivity index is 1.38. The normalized spacial score (nSPS) is 26.7. The summed E-state index contributed by atoms with van der Waals surface area (Å²) in [7, 11) is 3.31. The Hall–Kier alpha value is -2.61. The summed E-state index contributed by atoms with van der Waals surface area (Å²) in [5, 5.41) is 3.17. The molecule has 1 unspecified atom stereocenters. The van der Waals surface area contributed by atoms with Gasteiger partial charge in [-0.05, 0) is 37.7 Å². The van der Waals surface area contributed by atoms with Crippen molar-refractivity contribution in [2.45, 2.75) is 56.3 Å².